The number of halogens is 1. The Labute approximate surface area is 257 Å². The number of anilines is 1. The lowest BCUT2D eigenvalue weighted by molar-refractivity contribution is -0.160. The highest BCUT2D eigenvalue weighted by atomic mass is 35.5. The molecule has 1 aliphatic heterocycles. The van der Waals surface area contributed by atoms with Crippen molar-refractivity contribution in [2.24, 2.45) is 0 Å². The van der Waals surface area contributed by atoms with Crippen LogP contribution in [0, 0.1) is 6.92 Å². The summed E-state index contributed by atoms with van der Waals surface area (Å²) in [6.45, 7) is 7.39. The molecule has 0 saturated carbocycles. The van der Waals surface area contributed by atoms with Crippen LogP contribution in [0.4, 0.5) is 5.69 Å². The predicted molar refractivity (Wildman–Crippen MR) is 169 cm³/mol. The van der Waals surface area contributed by atoms with Crippen LogP contribution in [0.3, 0.4) is 0 Å². The minimum atomic E-state index is -1.19. The van der Waals surface area contributed by atoms with Crippen molar-refractivity contribution < 1.29 is 24.2 Å². The SMILES string of the molecule is Cc1cc2nc(-c3ccnc(-c4ccc5c(c4)OCC(=O)N5)c3)sc2c(-c2ccc(Cl)cc2)c1[C@H](OC(C)(C)C)C(=O)O. The number of carbonyl (C=O) groups excluding carboxylic acids is 1. The first-order chi connectivity index (χ1) is 20.5. The number of aliphatic carboxylic acids is 1. The normalized spacial score (nSPS) is 13.7. The van der Waals surface area contributed by atoms with E-state index in [0.29, 0.717) is 22.0 Å². The van der Waals surface area contributed by atoms with E-state index in [-0.39, 0.29) is 12.5 Å². The fourth-order valence-electron chi connectivity index (χ4n) is 5.12. The summed E-state index contributed by atoms with van der Waals surface area (Å²) < 4.78 is 12.6. The van der Waals surface area contributed by atoms with Crippen LogP contribution < -0.4 is 10.1 Å². The zero-order chi connectivity index (χ0) is 30.5. The number of amides is 1. The summed E-state index contributed by atoms with van der Waals surface area (Å²) in [6.07, 6.45) is 0.539. The van der Waals surface area contributed by atoms with E-state index in [9.17, 15) is 14.7 Å². The molecule has 5 aromatic rings. The Morgan fingerprint density at radius 1 is 1.07 bits per heavy atom. The molecule has 0 bridgehead atoms. The highest BCUT2D eigenvalue weighted by molar-refractivity contribution is 7.22. The number of aryl methyl sites for hydroxylation is 1. The number of ether oxygens (including phenoxy) is 2. The third-order valence-corrected chi connectivity index (χ3v) is 8.33. The lowest BCUT2D eigenvalue weighted by atomic mass is 9.91. The predicted octanol–water partition coefficient (Wildman–Crippen LogP) is 7.93. The van der Waals surface area contributed by atoms with Crippen LogP contribution in [0.25, 0.3) is 43.2 Å². The number of fused-ring (bicyclic) bond motifs is 2. The average molecular weight is 614 g/mol. The second-order valence-electron chi connectivity index (χ2n) is 11.3. The quantitative estimate of drug-likeness (QED) is 0.200. The Bertz CT molecular complexity index is 1900. The van der Waals surface area contributed by atoms with E-state index in [1.54, 1.807) is 24.4 Å². The van der Waals surface area contributed by atoms with Crippen LogP contribution in [0.1, 0.15) is 38.0 Å². The van der Waals surface area contributed by atoms with Crippen LogP contribution >= 0.6 is 22.9 Å². The van der Waals surface area contributed by atoms with Gasteiger partial charge in [-0.3, -0.25) is 9.78 Å². The highest BCUT2D eigenvalue weighted by Crippen LogP contribution is 2.44. The molecule has 0 radical (unpaired) electrons. The van der Waals surface area contributed by atoms with Crippen LogP contribution in [-0.2, 0) is 14.3 Å². The van der Waals surface area contributed by atoms with Gasteiger partial charge in [-0.2, -0.15) is 0 Å². The molecule has 0 fully saturated rings. The van der Waals surface area contributed by atoms with Gasteiger partial charge in [0.2, 0.25) is 0 Å². The van der Waals surface area contributed by atoms with Gasteiger partial charge in [-0.25, -0.2) is 9.78 Å². The number of aromatic nitrogens is 2. The zero-order valence-electron chi connectivity index (χ0n) is 23.9. The molecule has 6 rings (SSSR count). The monoisotopic (exact) mass is 613 g/mol. The minimum absolute atomic E-state index is 0.0312. The molecule has 1 aliphatic rings. The molecule has 10 heteroatoms. The van der Waals surface area contributed by atoms with E-state index in [0.717, 1.165) is 48.7 Å². The van der Waals surface area contributed by atoms with Crippen LogP contribution in [0.2, 0.25) is 5.02 Å². The number of thiazole rings is 1. The third kappa shape index (κ3) is 5.84. The van der Waals surface area contributed by atoms with Crippen LogP contribution in [0.5, 0.6) is 5.75 Å². The summed E-state index contributed by atoms with van der Waals surface area (Å²) in [7, 11) is 0. The number of hydrogen-bond donors (Lipinski definition) is 2. The summed E-state index contributed by atoms with van der Waals surface area (Å²) >= 11 is 7.70. The highest BCUT2D eigenvalue weighted by Gasteiger charge is 2.32. The van der Waals surface area contributed by atoms with Gasteiger partial charge >= 0.3 is 5.97 Å². The van der Waals surface area contributed by atoms with Gasteiger partial charge in [0.1, 0.15) is 10.8 Å². The summed E-state index contributed by atoms with van der Waals surface area (Å²) in [5.74, 6) is -0.665. The van der Waals surface area contributed by atoms with Crippen molar-refractivity contribution in [2.45, 2.75) is 39.4 Å². The first kappa shape index (κ1) is 28.8. The molecule has 3 heterocycles. The average Bonchev–Trinajstić information content (AvgIpc) is 3.39. The summed E-state index contributed by atoms with van der Waals surface area (Å²) in [5, 5.41) is 14.5. The van der Waals surface area contributed by atoms with Crippen molar-refractivity contribution in [3.63, 3.8) is 0 Å². The largest absolute Gasteiger partial charge is 0.482 e. The van der Waals surface area contributed by atoms with E-state index in [4.69, 9.17) is 26.1 Å². The third-order valence-electron chi connectivity index (χ3n) is 6.94. The Morgan fingerprint density at radius 2 is 1.81 bits per heavy atom. The number of carboxylic acids is 1. The Balaban J connectivity index is 1.50. The summed E-state index contributed by atoms with van der Waals surface area (Å²) in [5.41, 5.74) is 6.04. The number of nitrogens with one attached hydrogen (secondary N) is 1. The molecule has 3 aromatic carbocycles. The number of carbonyl (C=O) groups is 2. The molecular weight excluding hydrogens is 586 g/mol. The molecule has 2 aromatic heterocycles. The molecule has 1 amide bonds. The first-order valence-electron chi connectivity index (χ1n) is 13.6. The molecular formula is C33H28ClN3O5S. The van der Waals surface area contributed by atoms with E-state index < -0.39 is 17.7 Å². The topological polar surface area (TPSA) is 111 Å². The van der Waals surface area contributed by atoms with Crippen molar-refractivity contribution >= 4 is 50.7 Å². The Kier molecular flexibility index (Phi) is 7.41. The second kappa shape index (κ2) is 11.1. The van der Waals surface area contributed by atoms with Crippen molar-refractivity contribution in [3.8, 4) is 38.7 Å². The number of rotatable bonds is 6. The smallest absolute Gasteiger partial charge is 0.337 e. The Hall–Kier alpha value is -4.31. The van der Waals surface area contributed by atoms with Gasteiger partial charge in [-0.1, -0.05) is 29.8 Å². The van der Waals surface area contributed by atoms with Gasteiger partial charge < -0.3 is 19.9 Å². The number of benzene rings is 3. The summed E-state index contributed by atoms with van der Waals surface area (Å²) in [6, 6.07) is 18.7. The van der Waals surface area contributed by atoms with Gasteiger partial charge in [0.15, 0.2) is 12.7 Å². The molecule has 0 saturated heterocycles. The molecule has 0 spiro atoms. The second-order valence-corrected chi connectivity index (χ2v) is 12.7. The zero-order valence-corrected chi connectivity index (χ0v) is 25.5. The number of hydrogen-bond acceptors (Lipinski definition) is 7. The molecule has 1 atom stereocenters. The van der Waals surface area contributed by atoms with Crippen molar-refractivity contribution in [3.05, 3.63) is 83.0 Å². The molecule has 0 aliphatic carbocycles. The van der Waals surface area contributed by atoms with Gasteiger partial charge in [-0.05, 0) is 81.3 Å². The molecule has 218 valence electrons. The van der Waals surface area contributed by atoms with Gasteiger partial charge in [-0.15, -0.1) is 11.3 Å². The number of nitrogens with zero attached hydrogens (tertiary/aromatic N) is 2. The maximum atomic E-state index is 12.6. The maximum Gasteiger partial charge on any atom is 0.337 e. The number of pyridine rings is 1. The van der Waals surface area contributed by atoms with E-state index >= 15 is 0 Å². The van der Waals surface area contributed by atoms with Gasteiger partial charge in [0, 0.05) is 33.5 Å². The standard InChI is InChI=1S/C33H28ClN3O5S/c1-17-13-24-30(28(18-5-8-21(34)9-6-18)27(17)29(32(39)40)42-33(2,3)4)43-31(37-24)20-11-12-35-23(14-20)19-7-10-22-25(15-19)41-16-26(38)36-22/h5-15,29H,16H2,1-4H3,(H,36,38)(H,39,40)/t29-/m0/s1. The lowest BCUT2D eigenvalue weighted by Gasteiger charge is -2.28. The van der Waals surface area contributed by atoms with Gasteiger partial charge in [0.25, 0.3) is 5.91 Å². The lowest BCUT2D eigenvalue weighted by Crippen LogP contribution is -2.28. The molecule has 8 nitrogen and oxygen atoms in total. The van der Waals surface area contributed by atoms with Crippen molar-refractivity contribution in [2.75, 3.05) is 11.9 Å². The van der Waals surface area contributed by atoms with Crippen molar-refractivity contribution in [1.82, 2.24) is 9.97 Å². The maximum absolute atomic E-state index is 12.6. The van der Waals surface area contributed by atoms with Gasteiger partial charge in [0.05, 0.1) is 27.2 Å². The molecule has 0 unspecified atom stereocenters. The van der Waals surface area contributed by atoms with E-state index in [2.05, 4.69) is 10.3 Å². The minimum Gasteiger partial charge on any atom is -0.482 e. The summed E-state index contributed by atoms with van der Waals surface area (Å²) in [4.78, 5) is 33.8. The van der Waals surface area contributed by atoms with E-state index in [1.807, 2.05) is 70.2 Å². The molecule has 43 heavy (non-hydrogen) atoms. The van der Waals surface area contributed by atoms with E-state index in [1.165, 1.54) is 11.3 Å². The fraction of sp³-hybridized carbons (Fsp3) is 0.212. The number of carboxylic acid groups (broad SMARTS) is 1. The molecule has 2 N–H and O–H groups in total. The Morgan fingerprint density at radius 3 is 2.53 bits per heavy atom. The van der Waals surface area contributed by atoms with Crippen LogP contribution in [-0.4, -0.2) is 39.2 Å². The first-order valence-corrected chi connectivity index (χ1v) is 14.8. The van der Waals surface area contributed by atoms with Crippen molar-refractivity contribution in [1.29, 1.82) is 0 Å². The fourth-order valence-corrected chi connectivity index (χ4v) is 6.36. The van der Waals surface area contributed by atoms with Crippen LogP contribution in [0.15, 0.2) is 66.9 Å².